The zero-order valence-corrected chi connectivity index (χ0v) is 35.7. The number of hydrogen-bond donors (Lipinski definition) is 0. The van der Waals surface area contributed by atoms with Crippen molar-refractivity contribution in [3.05, 3.63) is 72.9 Å². The first-order valence-corrected chi connectivity index (χ1v) is 22.4. The summed E-state index contributed by atoms with van der Waals surface area (Å²) in [6, 6.07) is 0. The molecule has 0 amide bonds. The minimum Gasteiger partial charge on any atom is -0.462 e. The summed E-state index contributed by atoms with van der Waals surface area (Å²) in [5.41, 5.74) is 0. The van der Waals surface area contributed by atoms with Crippen molar-refractivity contribution in [3.63, 3.8) is 0 Å². The predicted molar refractivity (Wildman–Crippen MR) is 233 cm³/mol. The van der Waals surface area contributed by atoms with Crippen LogP contribution in [0.25, 0.3) is 0 Å². The third-order valence-electron chi connectivity index (χ3n) is 9.20. The zero-order valence-electron chi connectivity index (χ0n) is 35.7. The maximum atomic E-state index is 12.7. The van der Waals surface area contributed by atoms with Crippen molar-refractivity contribution in [1.29, 1.82) is 0 Å². The van der Waals surface area contributed by atoms with E-state index in [-0.39, 0.29) is 31.1 Å². The van der Waals surface area contributed by atoms with Gasteiger partial charge in [0.2, 0.25) is 0 Å². The van der Waals surface area contributed by atoms with Crippen LogP contribution in [0, 0.1) is 0 Å². The van der Waals surface area contributed by atoms with Crippen LogP contribution in [0.15, 0.2) is 72.9 Å². The second-order valence-corrected chi connectivity index (χ2v) is 14.6. The summed E-state index contributed by atoms with van der Waals surface area (Å²) in [5.74, 6) is -0.947. The molecule has 0 aliphatic rings. The molecule has 0 saturated heterocycles. The summed E-state index contributed by atoms with van der Waals surface area (Å²) >= 11 is 0. The summed E-state index contributed by atoms with van der Waals surface area (Å²) < 4.78 is 16.6. The Morgan fingerprint density at radius 1 is 0.382 bits per heavy atom. The number of hydrogen-bond acceptors (Lipinski definition) is 6. The highest BCUT2D eigenvalue weighted by Gasteiger charge is 2.19. The molecule has 0 heterocycles. The van der Waals surface area contributed by atoms with Gasteiger partial charge in [0.25, 0.3) is 0 Å². The number of allylic oxidation sites excluding steroid dienone is 12. The van der Waals surface area contributed by atoms with Gasteiger partial charge in [-0.15, -0.1) is 0 Å². The van der Waals surface area contributed by atoms with Crippen LogP contribution >= 0.6 is 0 Å². The SMILES string of the molecule is CC/C=C\C/C=C\C/C=C\C/C=C\C/C=C\CCCCCC(=O)OCC(COC(=O)CCCCCCCCC)OC(=O)CCCCCCC/C=C\CCCC. The molecule has 1 unspecified atom stereocenters. The van der Waals surface area contributed by atoms with Gasteiger partial charge in [-0.05, 0) is 83.5 Å². The molecular formula is C49H82O6. The van der Waals surface area contributed by atoms with Gasteiger partial charge in [0.1, 0.15) is 13.2 Å². The van der Waals surface area contributed by atoms with Gasteiger partial charge in [0, 0.05) is 19.3 Å². The smallest absolute Gasteiger partial charge is 0.306 e. The molecule has 0 bridgehead atoms. The van der Waals surface area contributed by atoms with Crippen LogP contribution in [-0.2, 0) is 28.6 Å². The summed E-state index contributed by atoms with van der Waals surface area (Å²) in [4.78, 5) is 37.6. The van der Waals surface area contributed by atoms with Gasteiger partial charge in [-0.3, -0.25) is 14.4 Å². The standard InChI is InChI=1S/C49H82O6/c1-4-7-10-13-16-18-20-21-22-23-24-25-26-27-29-30-33-36-39-42-48(51)54-45-46(44-53-47(50)41-38-35-32-15-12-9-6-3)55-49(52)43-40-37-34-31-28-19-17-14-11-8-5-2/h7,10,14,16-18,21-22,24-25,27,29,46H,4-6,8-9,11-13,15,19-20,23,26,28,30-45H2,1-3H3/b10-7-,17-14-,18-16-,22-21-,25-24-,29-27-. The molecule has 0 aromatic rings. The van der Waals surface area contributed by atoms with Crippen molar-refractivity contribution in [3.8, 4) is 0 Å². The molecule has 0 radical (unpaired) electrons. The van der Waals surface area contributed by atoms with E-state index in [1.165, 1.54) is 51.4 Å². The molecule has 0 N–H and O–H groups in total. The Morgan fingerprint density at radius 2 is 0.727 bits per heavy atom. The molecule has 314 valence electrons. The maximum Gasteiger partial charge on any atom is 0.306 e. The second-order valence-electron chi connectivity index (χ2n) is 14.6. The highest BCUT2D eigenvalue weighted by molar-refractivity contribution is 5.71. The van der Waals surface area contributed by atoms with Crippen molar-refractivity contribution in [2.75, 3.05) is 13.2 Å². The Kier molecular flexibility index (Phi) is 41.1. The molecular weight excluding hydrogens is 685 g/mol. The number of unbranched alkanes of at least 4 members (excludes halogenated alkanes) is 16. The Hall–Kier alpha value is -3.15. The van der Waals surface area contributed by atoms with Crippen LogP contribution in [0.2, 0.25) is 0 Å². The largest absolute Gasteiger partial charge is 0.462 e. The van der Waals surface area contributed by atoms with Crippen LogP contribution in [-0.4, -0.2) is 37.2 Å². The van der Waals surface area contributed by atoms with Crippen LogP contribution in [0.4, 0.5) is 0 Å². The summed E-state index contributed by atoms with van der Waals surface area (Å²) in [6.07, 6.45) is 53.2. The Labute approximate surface area is 338 Å². The number of carbonyl (C=O) groups excluding carboxylic acids is 3. The van der Waals surface area contributed by atoms with Crippen molar-refractivity contribution < 1.29 is 28.6 Å². The van der Waals surface area contributed by atoms with Gasteiger partial charge < -0.3 is 14.2 Å². The average Bonchev–Trinajstić information content (AvgIpc) is 3.18. The van der Waals surface area contributed by atoms with E-state index in [4.69, 9.17) is 14.2 Å². The van der Waals surface area contributed by atoms with E-state index in [2.05, 4.69) is 93.7 Å². The molecule has 0 fully saturated rings. The molecule has 0 spiro atoms. The summed E-state index contributed by atoms with van der Waals surface area (Å²) in [6.45, 7) is 6.38. The van der Waals surface area contributed by atoms with Gasteiger partial charge in [-0.25, -0.2) is 0 Å². The van der Waals surface area contributed by atoms with E-state index in [1.54, 1.807) is 0 Å². The highest BCUT2D eigenvalue weighted by Crippen LogP contribution is 2.12. The first-order chi connectivity index (χ1) is 27.0. The van der Waals surface area contributed by atoms with Crippen molar-refractivity contribution in [1.82, 2.24) is 0 Å². The fourth-order valence-electron chi connectivity index (χ4n) is 5.80. The molecule has 0 aliphatic carbocycles. The quantitative estimate of drug-likeness (QED) is 0.0268. The van der Waals surface area contributed by atoms with Crippen molar-refractivity contribution >= 4 is 17.9 Å². The minimum absolute atomic E-state index is 0.0899. The van der Waals surface area contributed by atoms with Crippen LogP contribution in [0.1, 0.15) is 201 Å². The molecule has 1 atom stereocenters. The number of ether oxygens (including phenoxy) is 3. The minimum atomic E-state index is -0.788. The Bertz CT molecular complexity index is 1070. The zero-order chi connectivity index (χ0) is 40.1. The fraction of sp³-hybridized carbons (Fsp3) is 0.694. The molecule has 0 aromatic heterocycles. The van der Waals surface area contributed by atoms with Gasteiger partial charge in [0.15, 0.2) is 6.10 Å². The first-order valence-electron chi connectivity index (χ1n) is 22.4. The lowest BCUT2D eigenvalue weighted by Gasteiger charge is -2.18. The molecule has 6 nitrogen and oxygen atoms in total. The number of rotatable bonds is 39. The van der Waals surface area contributed by atoms with Crippen LogP contribution in [0.5, 0.6) is 0 Å². The number of esters is 3. The van der Waals surface area contributed by atoms with Gasteiger partial charge in [-0.1, -0.05) is 171 Å². The van der Waals surface area contributed by atoms with E-state index in [9.17, 15) is 14.4 Å². The molecule has 0 saturated carbocycles. The lowest BCUT2D eigenvalue weighted by Crippen LogP contribution is -2.30. The van der Waals surface area contributed by atoms with E-state index in [1.807, 2.05) is 0 Å². The molecule has 0 aromatic carbocycles. The predicted octanol–water partition coefficient (Wildman–Crippen LogP) is 14.3. The summed E-state index contributed by atoms with van der Waals surface area (Å²) in [5, 5.41) is 0. The Balaban J connectivity index is 4.36. The normalized spacial score (nSPS) is 12.7. The monoisotopic (exact) mass is 767 g/mol. The lowest BCUT2D eigenvalue weighted by molar-refractivity contribution is -0.167. The summed E-state index contributed by atoms with van der Waals surface area (Å²) in [7, 11) is 0. The highest BCUT2D eigenvalue weighted by atomic mass is 16.6. The van der Waals surface area contributed by atoms with E-state index < -0.39 is 6.10 Å². The van der Waals surface area contributed by atoms with Crippen LogP contribution < -0.4 is 0 Å². The van der Waals surface area contributed by atoms with Gasteiger partial charge in [0.05, 0.1) is 0 Å². The molecule has 0 rings (SSSR count). The average molecular weight is 767 g/mol. The molecule has 6 heteroatoms. The van der Waals surface area contributed by atoms with Gasteiger partial charge in [-0.2, -0.15) is 0 Å². The molecule has 55 heavy (non-hydrogen) atoms. The second kappa shape index (κ2) is 43.6. The Morgan fingerprint density at radius 3 is 1.20 bits per heavy atom. The van der Waals surface area contributed by atoms with Crippen molar-refractivity contribution in [2.45, 2.75) is 207 Å². The van der Waals surface area contributed by atoms with E-state index >= 15 is 0 Å². The van der Waals surface area contributed by atoms with Gasteiger partial charge >= 0.3 is 17.9 Å². The van der Waals surface area contributed by atoms with Crippen molar-refractivity contribution in [2.24, 2.45) is 0 Å². The van der Waals surface area contributed by atoms with Crippen LogP contribution in [0.3, 0.4) is 0 Å². The molecule has 0 aliphatic heterocycles. The van der Waals surface area contributed by atoms with E-state index in [0.29, 0.717) is 19.3 Å². The lowest BCUT2D eigenvalue weighted by atomic mass is 10.1. The van der Waals surface area contributed by atoms with E-state index in [0.717, 1.165) is 109 Å². The maximum absolute atomic E-state index is 12.7. The number of carbonyl (C=O) groups is 3. The first kappa shape index (κ1) is 51.9. The third-order valence-corrected chi connectivity index (χ3v) is 9.20. The topological polar surface area (TPSA) is 78.9 Å². The fourth-order valence-corrected chi connectivity index (χ4v) is 5.80. The third kappa shape index (κ3) is 41.8.